The molecule has 0 aromatic heterocycles. The van der Waals surface area contributed by atoms with Gasteiger partial charge >= 0.3 is 0 Å². The van der Waals surface area contributed by atoms with Crippen LogP contribution < -0.4 is 4.90 Å². The molecule has 1 aliphatic heterocycles. The molecule has 1 aromatic rings. The number of carbonyl (C=O) groups excluding carboxylic acids is 2. The highest BCUT2D eigenvalue weighted by molar-refractivity contribution is 6.32. The van der Waals surface area contributed by atoms with Crippen LogP contribution in [0.5, 0.6) is 5.75 Å². The Hall–Kier alpha value is -1.55. The first-order chi connectivity index (χ1) is 10.0. The summed E-state index contributed by atoms with van der Waals surface area (Å²) in [5.74, 6) is -0.461. The van der Waals surface area contributed by atoms with Crippen LogP contribution in [0.3, 0.4) is 0 Å². The second-order valence-electron chi connectivity index (χ2n) is 6.17. The second kappa shape index (κ2) is 5.34. The van der Waals surface area contributed by atoms with E-state index in [0.717, 1.165) is 25.7 Å². The third-order valence-electron chi connectivity index (χ3n) is 4.65. The van der Waals surface area contributed by atoms with Gasteiger partial charge in [-0.1, -0.05) is 30.9 Å². The summed E-state index contributed by atoms with van der Waals surface area (Å²) in [6.07, 6.45) is 6.15. The number of amides is 2. The number of phenolic OH excluding ortho intramolecular Hbond substituents is 1. The number of piperidine rings is 1. The molecule has 2 fully saturated rings. The van der Waals surface area contributed by atoms with Gasteiger partial charge in [0.25, 0.3) is 0 Å². The zero-order chi connectivity index (χ0) is 15.0. The fraction of sp³-hybridized carbons (Fsp3) is 0.500. The van der Waals surface area contributed by atoms with Crippen LogP contribution >= 0.6 is 11.6 Å². The Bertz CT molecular complexity index is 573. The van der Waals surface area contributed by atoms with Crippen molar-refractivity contribution in [2.75, 3.05) is 4.90 Å². The standard InChI is InChI=1S/C16H18ClNO3/c17-12-5-4-11(8-13(12)19)18-14(20)9-16(10-15(18)21)6-2-1-3-7-16/h4-5,8,19H,1-3,6-7,9-10H2. The molecule has 0 radical (unpaired) electrons. The highest BCUT2D eigenvalue weighted by Crippen LogP contribution is 2.46. The summed E-state index contributed by atoms with van der Waals surface area (Å²) >= 11 is 5.77. The normalized spacial score (nSPS) is 21.9. The molecule has 2 amide bonds. The summed E-state index contributed by atoms with van der Waals surface area (Å²) in [6, 6.07) is 4.46. The van der Waals surface area contributed by atoms with Crippen LogP contribution in [0.15, 0.2) is 18.2 Å². The van der Waals surface area contributed by atoms with Gasteiger partial charge in [-0.05, 0) is 30.4 Å². The van der Waals surface area contributed by atoms with E-state index < -0.39 is 0 Å². The van der Waals surface area contributed by atoms with E-state index >= 15 is 0 Å². The first kappa shape index (κ1) is 14.4. The van der Waals surface area contributed by atoms with Crippen LogP contribution in [0.1, 0.15) is 44.9 Å². The fourth-order valence-electron chi connectivity index (χ4n) is 3.58. The second-order valence-corrected chi connectivity index (χ2v) is 6.58. The van der Waals surface area contributed by atoms with Crippen molar-refractivity contribution in [2.24, 2.45) is 5.41 Å². The van der Waals surface area contributed by atoms with Gasteiger partial charge in [0.05, 0.1) is 10.7 Å². The lowest BCUT2D eigenvalue weighted by Crippen LogP contribution is -2.48. The highest BCUT2D eigenvalue weighted by Gasteiger charge is 2.44. The molecule has 1 saturated heterocycles. The van der Waals surface area contributed by atoms with Gasteiger partial charge in [-0.15, -0.1) is 0 Å². The maximum absolute atomic E-state index is 12.5. The molecule has 1 heterocycles. The summed E-state index contributed by atoms with van der Waals surface area (Å²) in [7, 11) is 0. The quantitative estimate of drug-likeness (QED) is 0.806. The average Bonchev–Trinajstić information content (AvgIpc) is 2.42. The van der Waals surface area contributed by atoms with Crippen molar-refractivity contribution in [1.29, 1.82) is 0 Å². The number of hydrogen-bond donors (Lipinski definition) is 1. The number of hydrogen-bond acceptors (Lipinski definition) is 3. The highest BCUT2D eigenvalue weighted by atomic mass is 35.5. The van der Waals surface area contributed by atoms with Crippen molar-refractivity contribution < 1.29 is 14.7 Å². The smallest absolute Gasteiger partial charge is 0.234 e. The molecular weight excluding hydrogens is 290 g/mol. The molecular formula is C16H18ClNO3. The first-order valence-electron chi connectivity index (χ1n) is 7.35. The van der Waals surface area contributed by atoms with E-state index in [1.165, 1.54) is 23.5 Å². The minimum Gasteiger partial charge on any atom is -0.506 e. The van der Waals surface area contributed by atoms with Gasteiger partial charge < -0.3 is 5.11 Å². The molecule has 112 valence electrons. The Kier molecular flexibility index (Phi) is 3.66. The van der Waals surface area contributed by atoms with Crippen LogP contribution in [0, 0.1) is 5.41 Å². The van der Waals surface area contributed by atoms with E-state index in [0.29, 0.717) is 18.5 Å². The SMILES string of the molecule is O=C1CC2(CCCCC2)CC(=O)N1c1ccc(Cl)c(O)c1. The number of imide groups is 1. The zero-order valence-corrected chi connectivity index (χ0v) is 12.5. The molecule has 0 unspecified atom stereocenters. The summed E-state index contributed by atoms with van der Waals surface area (Å²) < 4.78 is 0. The molecule has 21 heavy (non-hydrogen) atoms. The monoisotopic (exact) mass is 307 g/mol. The maximum atomic E-state index is 12.5. The largest absolute Gasteiger partial charge is 0.506 e. The van der Waals surface area contributed by atoms with E-state index in [2.05, 4.69) is 0 Å². The van der Waals surface area contributed by atoms with Crippen LogP contribution in [0.25, 0.3) is 0 Å². The van der Waals surface area contributed by atoms with E-state index in [4.69, 9.17) is 11.6 Å². The lowest BCUT2D eigenvalue weighted by atomic mass is 9.67. The molecule has 0 atom stereocenters. The third kappa shape index (κ3) is 2.64. The summed E-state index contributed by atoms with van der Waals surface area (Å²) in [6.45, 7) is 0. The van der Waals surface area contributed by atoms with Crippen LogP contribution in [-0.2, 0) is 9.59 Å². The van der Waals surface area contributed by atoms with Gasteiger partial charge in [0.15, 0.2) is 0 Å². The zero-order valence-electron chi connectivity index (χ0n) is 11.8. The molecule has 3 rings (SSSR count). The first-order valence-corrected chi connectivity index (χ1v) is 7.73. The Morgan fingerprint density at radius 3 is 2.24 bits per heavy atom. The number of phenols is 1. The van der Waals surface area contributed by atoms with Crippen molar-refractivity contribution in [1.82, 2.24) is 0 Å². The Morgan fingerprint density at radius 2 is 1.67 bits per heavy atom. The third-order valence-corrected chi connectivity index (χ3v) is 4.97. The maximum Gasteiger partial charge on any atom is 0.234 e. The van der Waals surface area contributed by atoms with Crippen LogP contribution in [0.2, 0.25) is 5.02 Å². The van der Waals surface area contributed by atoms with E-state index in [-0.39, 0.29) is 28.0 Å². The Morgan fingerprint density at radius 1 is 1.05 bits per heavy atom. The van der Waals surface area contributed by atoms with Gasteiger partial charge in [0.1, 0.15) is 5.75 Å². The van der Waals surface area contributed by atoms with E-state index in [1.54, 1.807) is 6.07 Å². The fourth-order valence-corrected chi connectivity index (χ4v) is 3.70. The molecule has 1 saturated carbocycles. The van der Waals surface area contributed by atoms with E-state index in [9.17, 15) is 14.7 Å². The van der Waals surface area contributed by atoms with Gasteiger partial charge in [-0.2, -0.15) is 0 Å². The molecule has 2 aliphatic rings. The number of rotatable bonds is 1. The van der Waals surface area contributed by atoms with Crippen LogP contribution in [-0.4, -0.2) is 16.9 Å². The predicted molar refractivity (Wildman–Crippen MR) is 80.4 cm³/mol. The lowest BCUT2D eigenvalue weighted by Gasteiger charge is -2.42. The lowest BCUT2D eigenvalue weighted by molar-refractivity contribution is -0.134. The topological polar surface area (TPSA) is 57.6 Å². The summed E-state index contributed by atoms with van der Waals surface area (Å²) in [4.78, 5) is 26.1. The molecule has 1 N–H and O–H groups in total. The van der Waals surface area contributed by atoms with Crippen molar-refractivity contribution in [2.45, 2.75) is 44.9 Å². The van der Waals surface area contributed by atoms with Crippen LogP contribution in [0.4, 0.5) is 5.69 Å². The predicted octanol–water partition coefficient (Wildman–Crippen LogP) is 3.65. The molecule has 5 heteroatoms. The molecule has 1 aliphatic carbocycles. The minimum atomic E-state index is -0.171. The minimum absolute atomic E-state index is 0.118. The molecule has 1 spiro atoms. The van der Waals surface area contributed by atoms with Gasteiger partial charge in [-0.25, -0.2) is 0 Å². The van der Waals surface area contributed by atoms with Crippen molar-refractivity contribution in [3.05, 3.63) is 23.2 Å². The Labute approximate surface area is 128 Å². The Balaban J connectivity index is 1.86. The number of anilines is 1. The molecule has 0 bridgehead atoms. The van der Waals surface area contributed by atoms with Crippen molar-refractivity contribution in [3.63, 3.8) is 0 Å². The summed E-state index contributed by atoms with van der Waals surface area (Å²) in [5, 5.41) is 9.87. The number of carbonyl (C=O) groups is 2. The number of nitrogens with zero attached hydrogens (tertiary/aromatic N) is 1. The van der Waals surface area contributed by atoms with Crippen molar-refractivity contribution >= 4 is 29.1 Å². The number of halogens is 1. The van der Waals surface area contributed by atoms with Crippen molar-refractivity contribution in [3.8, 4) is 5.75 Å². The van der Waals surface area contributed by atoms with Gasteiger partial charge in [-0.3, -0.25) is 14.5 Å². The molecule has 4 nitrogen and oxygen atoms in total. The average molecular weight is 308 g/mol. The number of aromatic hydroxyl groups is 1. The summed E-state index contributed by atoms with van der Waals surface area (Å²) in [5.41, 5.74) is 0.273. The molecule has 1 aromatic carbocycles. The van der Waals surface area contributed by atoms with Gasteiger partial charge in [0, 0.05) is 18.9 Å². The number of benzene rings is 1. The van der Waals surface area contributed by atoms with E-state index in [1.807, 2.05) is 0 Å². The van der Waals surface area contributed by atoms with Gasteiger partial charge in [0.2, 0.25) is 11.8 Å².